The number of hydrogen-bond donors (Lipinski definition) is 1. The molecule has 0 atom stereocenters. The number of alkyl halides is 3. The second kappa shape index (κ2) is 6.06. The molecule has 2 N–H and O–H groups in total. The number of halogens is 3. The normalized spacial score (nSPS) is 15.5. The zero-order valence-corrected chi connectivity index (χ0v) is 13.9. The molecule has 1 fully saturated rings. The first kappa shape index (κ1) is 17.3. The SMILES string of the molecule is C=C(/C=C(/N)c1cc(C2CC2)cc(C(F)(F)F)c1C)c1nnc(C)o1. The second-order valence-electron chi connectivity index (χ2n) is 6.26. The molecule has 0 saturated heterocycles. The molecule has 0 aliphatic heterocycles. The van der Waals surface area contributed by atoms with Crippen LogP contribution in [0.2, 0.25) is 0 Å². The van der Waals surface area contributed by atoms with Crippen LogP contribution in [0.15, 0.2) is 29.2 Å². The lowest BCUT2D eigenvalue weighted by molar-refractivity contribution is -0.138. The van der Waals surface area contributed by atoms with Crippen LogP contribution in [0.1, 0.15) is 52.8 Å². The predicted octanol–water partition coefficient (Wildman–Crippen LogP) is 4.60. The number of hydrogen-bond acceptors (Lipinski definition) is 4. The molecule has 0 spiro atoms. The van der Waals surface area contributed by atoms with Gasteiger partial charge in [-0.1, -0.05) is 6.58 Å². The lowest BCUT2D eigenvalue weighted by Gasteiger charge is -2.17. The third-order valence-electron chi connectivity index (χ3n) is 4.23. The molecule has 132 valence electrons. The van der Waals surface area contributed by atoms with Crippen LogP contribution < -0.4 is 5.73 Å². The molecule has 1 heterocycles. The van der Waals surface area contributed by atoms with Gasteiger partial charge in [0.25, 0.3) is 0 Å². The molecule has 0 unspecified atom stereocenters. The molecular weight excluding hydrogens is 331 g/mol. The van der Waals surface area contributed by atoms with E-state index in [2.05, 4.69) is 16.8 Å². The molecule has 0 bridgehead atoms. The van der Waals surface area contributed by atoms with Gasteiger partial charge in [0.15, 0.2) is 0 Å². The van der Waals surface area contributed by atoms with Crippen LogP contribution in [0.4, 0.5) is 13.2 Å². The van der Waals surface area contributed by atoms with Gasteiger partial charge in [-0.15, -0.1) is 10.2 Å². The fourth-order valence-electron chi connectivity index (χ4n) is 2.74. The van der Waals surface area contributed by atoms with Crippen molar-refractivity contribution < 1.29 is 17.6 Å². The van der Waals surface area contributed by atoms with Gasteiger partial charge >= 0.3 is 6.18 Å². The number of allylic oxidation sites excluding steroid dienone is 2. The average molecular weight is 349 g/mol. The maximum atomic E-state index is 13.4. The number of rotatable bonds is 4. The van der Waals surface area contributed by atoms with E-state index in [0.717, 1.165) is 12.8 Å². The van der Waals surface area contributed by atoms with Crippen molar-refractivity contribution in [3.8, 4) is 0 Å². The first-order valence-corrected chi connectivity index (χ1v) is 7.85. The zero-order valence-electron chi connectivity index (χ0n) is 13.9. The van der Waals surface area contributed by atoms with Crippen molar-refractivity contribution in [1.29, 1.82) is 0 Å². The van der Waals surface area contributed by atoms with E-state index in [9.17, 15) is 13.2 Å². The van der Waals surface area contributed by atoms with Crippen molar-refractivity contribution in [2.24, 2.45) is 5.73 Å². The highest BCUT2D eigenvalue weighted by Gasteiger charge is 2.35. The molecule has 3 rings (SSSR count). The van der Waals surface area contributed by atoms with E-state index in [1.165, 1.54) is 19.1 Å². The Bertz CT molecular complexity index is 861. The topological polar surface area (TPSA) is 64.9 Å². The Morgan fingerprint density at radius 2 is 1.96 bits per heavy atom. The molecule has 1 saturated carbocycles. The van der Waals surface area contributed by atoms with Gasteiger partial charge in [-0.2, -0.15) is 13.2 Å². The third kappa shape index (κ3) is 3.60. The largest absolute Gasteiger partial charge is 0.421 e. The summed E-state index contributed by atoms with van der Waals surface area (Å²) in [7, 11) is 0. The number of nitrogens with two attached hydrogens (primary N) is 1. The molecule has 0 amide bonds. The predicted molar refractivity (Wildman–Crippen MR) is 88.4 cm³/mol. The van der Waals surface area contributed by atoms with Gasteiger partial charge in [-0.05, 0) is 55.0 Å². The summed E-state index contributed by atoms with van der Waals surface area (Å²) in [5.41, 5.74) is 7.09. The standard InChI is InChI=1S/C18H18F3N3O/c1-9(17-24-23-11(3)25-17)6-16(22)14-7-13(12-4-5-12)8-15(10(14)2)18(19,20)21/h6-8,12H,1,4-5,22H2,2-3H3/b16-6+. The van der Waals surface area contributed by atoms with Crippen molar-refractivity contribution in [3.05, 3.63) is 58.8 Å². The van der Waals surface area contributed by atoms with E-state index in [1.807, 2.05) is 0 Å². The van der Waals surface area contributed by atoms with Gasteiger partial charge in [0.1, 0.15) is 0 Å². The van der Waals surface area contributed by atoms with Crippen LogP contribution >= 0.6 is 0 Å². The quantitative estimate of drug-likeness (QED) is 0.820. The molecule has 2 aromatic rings. The van der Waals surface area contributed by atoms with E-state index < -0.39 is 11.7 Å². The van der Waals surface area contributed by atoms with E-state index in [1.54, 1.807) is 13.0 Å². The molecule has 1 aromatic heterocycles. The Morgan fingerprint density at radius 3 is 2.48 bits per heavy atom. The number of nitrogens with zero attached hydrogens (tertiary/aromatic N) is 2. The van der Waals surface area contributed by atoms with Crippen molar-refractivity contribution in [1.82, 2.24) is 10.2 Å². The number of benzene rings is 1. The molecule has 7 heteroatoms. The first-order chi connectivity index (χ1) is 11.7. The van der Waals surface area contributed by atoms with E-state index in [0.29, 0.717) is 22.6 Å². The lowest BCUT2D eigenvalue weighted by atomic mass is 9.94. The van der Waals surface area contributed by atoms with E-state index in [-0.39, 0.29) is 23.1 Å². The Labute approximate surface area is 143 Å². The fraction of sp³-hybridized carbons (Fsp3) is 0.333. The monoisotopic (exact) mass is 349 g/mol. The summed E-state index contributed by atoms with van der Waals surface area (Å²) in [6, 6.07) is 2.97. The summed E-state index contributed by atoms with van der Waals surface area (Å²) >= 11 is 0. The fourth-order valence-corrected chi connectivity index (χ4v) is 2.74. The molecule has 1 aliphatic rings. The molecule has 0 radical (unpaired) electrons. The minimum absolute atomic E-state index is 0.0974. The van der Waals surface area contributed by atoms with E-state index in [4.69, 9.17) is 10.2 Å². The van der Waals surface area contributed by atoms with E-state index >= 15 is 0 Å². The van der Waals surface area contributed by atoms with Gasteiger partial charge in [-0.3, -0.25) is 0 Å². The van der Waals surface area contributed by atoms with Gasteiger partial charge < -0.3 is 10.2 Å². The Balaban J connectivity index is 2.04. The van der Waals surface area contributed by atoms with Crippen molar-refractivity contribution in [2.75, 3.05) is 0 Å². The molecular formula is C18H18F3N3O. The summed E-state index contributed by atoms with van der Waals surface area (Å²) in [5, 5.41) is 7.53. The smallest absolute Gasteiger partial charge is 0.416 e. The van der Waals surface area contributed by atoms with Crippen molar-refractivity contribution >= 4 is 11.3 Å². The van der Waals surface area contributed by atoms with Gasteiger partial charge in [0.2, 0.25) is 11.8 Å². The summed E-state index contributed by atoms with van der Waals surface area (Å²) in [4.78, 5) is 0. The Kier molecular flexibility index (Phi) is 4.18. The maximum absolute atomic E-state index is 13.4. The summed E-state index contributed by atoms with van der Waals surface area (Å²) in [6.45, 7) is 6.86. The summed E-state index contributed by atoms with van der Waals surface area (Å²) < 4.78 is 45.4. The molecule has 1 aliphatic carbocycles. The molecule has 4 nitrogen and oxygen atoms in total. The minimum atomic E-state index is -4.43. The summed E-state index contributed by atoms with van der Waals surface area (Å²) in [6.07, 6.45) is -1.16. The number of aryl methyl sites for hydroxylation is 1. The highest BCUT2D eigenvalue weighted by atomic mass is 19.4. The highest BCUT2D eigenvalue weighted by Crippen LogP contribution is 2.44. The summed E-state index contributed by atoms with van der Waals surface area (Å²) in [5.74, 6) is 0.733. The zero-order chi connectivity index (χ0) is 18.4. The number of aromatic nitrogens is 2. The Hall–Kier alpha value is -2.57. The van der Waals surface area contributed by atoms with Crippen LogP contribution in [-0.2, 0) is 6.18 Å². The lowest BCUT2D eigenvalue weighted by Crippen LogP contribution is -2.12. The second-order valence-corrected chi connectivity index (χ2v) is 6.26. The maximum Gasteiger partial charge on any atom is 0.416 e. The molecule has 1 aromatic carbocycles. The highest BCUT2D eigenvalue weighted by molar-refractivity contribution is 5.80. The van der Waals surface area contributed by atoms with Crippen LogP contribution in [0, 0.1) is 13.8 Å². The van der Waals surface area contributed by atoms with Crippen LogP contribution in [0.5, 0.6) is 0 Å². The van der Waals surface area contributed by atoms with Gasteiger partial charge in [0, 0.05) is 23.8 Å². The average Bonchev–Trinajstić information content (AvgIpc) is 3.27. The van der Waals surface area contributed by atoms with Gasteiger partial charge in [-0.25, -0.2) is 0 Å². The van der Waals surface area contributed by atoms with Crippen LogP contribution in [0.3, 0.4) is 0 Å². The third-order valence-corrected chi connectivity index (χ3v) is 4.23. The minimum Gasteiger partial charge on any atom is -0.421 e. The van der Waals surface area contributed by atoms with Crippen molar-refractivity contribution in [2.45, 2.75) is 38.8 Å². The Morgan fingerprint density at radius 1 is 1.28 bits per heavy atom. The first-order valence-electron chi connectivity index (χ1n) is 7.85. The van der Waals surface area contributed by atoms with Gasteiger partial charge in [0.05, 0.1) is 5.56 Å². The molecule has 25 heavy (non-hydrogen) atoms. The van der Waals surface area contributed by atoms with Crippen LogP contribution in [-0.4, -0.2) is 10.2 Å². The van der Waals surface area contributed by atoms with Crippen molar-refractivity contribution in [3.63, 3.8) is 0 Å². The van der Waals surface area contributed by atoms with Crippen LogP contribution in [0.25, 0.3) is 11.3 Å².